The molecule has 0 spiro atoms. The first kappa shape index (κ1) is 22.7. The summed E-state index contributed by atoms with van der Waals surface area (Å²) in [6.45, 7) is 6.68. The lowest BCUT2D eigenvalue weighted by Gasteiger charge is -2.41. The number of ether oxygens (including phenoxy) is 2. The number of methoxy groups -OCH3 is 2. The van der Waals surface area contributed by atoms with Gasteiger partial charge in [0.2, 0.25) is 5.91 Å². The number of nitrogens with one attached hydrogen (secondary N) is 2. The number of aromatic nitrogens is 1. The van der Waals surface area contributed by atoms with E-state index in [1.807, 2.05) is 43.3 Å². The molecule has 1 fully saturated rings. The van der Waals surface area contributed by atoms with Crippen LogP contribution in [-0.4, -0.2) is 68.2 Å². The highest BCUT2D eigenvalue weighted by atomic mass is 16.5. The van der Waals surface area contributed by atoms with E-state index >= 15 is 0 Å². The van der Waals surface area contributed by atoms with Crippen LogP contribution in [0, 0.1) is 6.92 Å². The molecule has 33 heavy (non-hydrogen) atoms. The number of H-pyrrole nitrogens is 1. The highest BCUT2D eigenvalue weighted by Gasteiger charge is 2.26. The van der Waals surface area contributed by atoms with Crippen molar-refractivity contribution in [3.63, 3.8) is 0 Å². The largest absolute Gasteiger partial charge is 0.497 e. The molecular weight excluding hydrogens is 420 g/mol. The second-order valence-electron chi connectivity index (χ2n) is 8.44. The van der Waals surface area contributed by atoms with Crippen molar-refractivity contribution in [2.75, 3.05) is 50.6 Å². The molecule has 0 bridgehead atoms. The Balaban J connectivity index is 1.45. The van der Waals surface area contributed by atoms with Crippen LogP contribution in [0.2, 0.25) is 0 Å². The van der Waals surface area contributed by atoms with Gasteiger partial charge in [-0.25, -0.2) is 4.79 Å². The Morgan fingerprint density at radius 1 is 1.15 bits per heavy atom. The van der Waals surface area contributed by atoms with Crippen molar-refractivity contribution < 1.29 is 19.1 Å². The third kappa shape index (κ3) is 4.80. The third-order valence-electron chi connectivity index (χ3n) is 6.07. The average molecular weight is 451 g/mol. The van der Waals surface area contributed by atoms with Gasteiger partial charge in [0.05, 0.1) is 26.5 Å². The van der Waals surface area contributed by atoms with E-state index in [1.165, 1.54) is 7.11 Å². The van der Waals surface area contributed by atoms with Crippen LogP contribution in [0.1, 0.15) is 23.0 Å². The summed E-state index contributed by atoms with van der Waals surface area (Å²) in [5.41, 5.74) is 3.65. The van der Waals surface area contributed by atoms with E-state index in [0.29, 0.717) is 5.69 Å². The van der Waals surface area contributed by atoms with Crippen LogP contribution in [-0.2, 0) is 9.53 Å². The minimum Gasteiger partial charge on any atom is -0.497 e. The first-order valence-corrected chi connectivity index (χ1v) is 11.0. The molecule has 1 amide bonds. The number of hydrogen-bond acceptors (Lipinski definition) is 6. The molecule has 8 heteroatoms. The van der Waals surface area contributed by atoms with E-state index in [4.69, 9.17) is 9.47 Å². The first-order valence-electron chi connectivity index (χ1n) is 11.0. The zero-order valence-corrected chi connectivity index (χ0v) is 19.5. The minimum atomic E-state index is -0.514. The zero-order valence-electron chi connectivity index (χ0n) is 19.5. The standard InChI is InChI=1S/C25H30N4O4/c1-16-8-9-21-20(12-16)23(24(26-21)25(31)33-4)27-22(30)15-28-10-11-29(17(2)14-28)18-6-5-7-19(13-18)32-3/h5-9,12-13,17,26H,10-11,14-15H2,1-4H3,(H,27,30). The maximum absolute atomic E-state index is 13.0. The monoisotopic (exact) mass is 450 g/mol. The topological polar surface area (TPSA) is 86.9 Å². The molecule has 3 aromatic rings. The highest BCUT2D eigenvalue weighted by molar-refractivity contribution is 6.11. The Labute approximate surface area is 193 Å². The van der Waals surface area contributed by atoms with Crippen LogP contribution < -0.4 is 15.0 Å². The smallest absolute Gasteiger partial charge is 0.356 e. The number of piperazine rings is 1. The van der Waals surface area contributed by atoms with Crippen LogP contribution in [0.5, 0.6) is 5.75 Å². The summed E-state index contributed by atoms with van der Waals surface area (Å²) in [6.07, 6.45) is 0. The van der Waals surface area contributed by atoms with Gasteiger partial charge in [0.15, 0.2) is 0 Å². The number of carbonyl (C=O) groups is 2. The molecule has 4 rings (SSSR count). The van der Waals surface area contributed by atoms with Crippen LogP contribution in [0.25, 0.3) is 10.9 Å². The molecule has 8 nitrogen and oxygen atoms in total. The van der Waals surface area contributed by atoms with E-state index in [-0.39, 0.29) is 24.2 Å². The predicted octanol–water partition coefficient (Wildman–Crippen LogP) is 3.42. The van der Waals surface area contributed by atoms with Crippen LogP contribution in [0.3, 0.4) is 0 Å². The maximum atomic E-state index is 13.0. The molecule has 174 valence electrons. The minimum absolute atomic E-state index is 0.162. The molecule has 2 heterocycles. The second kappa shape index (κ2) is 9.54. The van der Waals surface area contributed by atoms with Crippen molar-refractivity contribution in [1.29, 1.82) is 0 Å². The van der Waals surface area contributed by atoms with Crippen molar-refractivity contribution in [3.8, 4) is 5.75 Å². The van der Waals surface area contributed by atoms with Gasteiger partial charge in [0.25, 0.3) is 0 Å². The van der Waals surface area contributed by atoms with Crippen molar-refractivity contribution in [1.82, 2.24) is 9.88 Å². The Morgan fingerprint density at radius 2 is 1.97 bits per heavy atom. The SMILES string of the molecule is COC(=O)c1[nH]c2ccc(C)cc2c1NC(=O)CN1CCN(c2cccc(OC)c2)C(C)C1. The lowest BCUT2D eigenvalue weighted by atomic mass is 10.1. The van der Waals surface area contributed by atoms with Crippen molar-refractivity contribution >= 4 is 34.2 Å². The lowest BCUT2D eigenvalue weighted by Crippen LogP contribution is -2.53. The van der Waals surface area contributed by atoms with Gasteiger partial charge in [-0.2, -0.15) is 0 Å². The van der Waals surface area contributed by atoms with Gasteiger partial charge < -0.3 is 24.7 Å². The van der Waals surface area contributed by atoms with Gasteiger partial charge >= 0.3 is 5.97 Å². The third-order valence-corrected chi connectivity index (χ3v) is 6.07. The number of amides is 1. The van der Waals surface area contributed by atoms with Gasteiger partial charge in [-0.15, -0.1) is 0 Å². The van der Waals surface area contributed by atoms with Crippen LogP contribution in [0.15, 0.2) is 42.5 Å². The second-order valence-corrected chi connectivity index (χ2v) is 8.44. The molecule has 2 aromatic carbocycles. The molecule has 0 aliphatic carbocycles. The summed E-state index contributed by atoms with van der Waals surface area (Å²) >= 11 is 0. The van der Waals surface area contributed by atoms with Crippen molar-refractivity contribution in [2.24, 2.45) is 0 Å². The van der Waals surface area contributed by atoms with Gasteiger partial charge in [0, 0.05) is 48.3 Å². The molecule has 1 aromatic heterocycles. The molecule has 1 saturated heterocycles. The van der Waals surface area contributed by atoms with Crippen LogP contribution >= 0.6 is 0 Å². The number of fused-ring (bicyclic) bond motifs is 1. The van der Waals surface area contributed by atoms with Gasteiger partial charge in [-0.05, 0) is 38.1 Å². The highest BCUT2D eigenvalue weighted by Crippen LogP contribution is 2.30. The van der Waals surface area contributed by atoms with Crippen molar-refractivity contribution in [3.05, 3.63) is 53.7 Å². The Kier molecular flexibility index (Phi) is 6.55. The molecule has 1 aliphatic heterocycles. The number of nitrogens with zero attached hydrogens (tertiary/aromatic N) is 2. The summed E-state index contributed by atoms with van der Waals surface area (Å²) in [6, 6.07) is 14.1. The van der Waals surface area contributed by atoms with E-state index < -0.39 is 5.97 Å². The summed E-state index contributed by atoms with van der Waals surface area (Å²) in [4.78, 5) is 32.8. The van der Waals surface area contributed by atoms with E-state index in [0.717, 1.165) is 47.5 Å². The molecule has 1 unspecified atom stereocenters. The van der Waals surface area contributed by atoms with Crippen molar-refractivity contribution in [2.45, 2.75) is 19.9 Å². The fourth-order valence-corrected chi connectivity index (χ4v) is 4.42. The quantitative estimate of drug-likeness (QED) is 0.560. The maximum Gasteiger partial charge on any atom is 0.356 e. The number of esters is 1. The van der Waals surface area contributed by atoms with Gasteiger partial charge in [-0.3, -0.25) is 9.69 Å². The summed E-state index contributed by atoms with van der Waals surface area (Å²) in [5.74, 6) is 0.154. The molecular formula is C25H30N4O4. The Hall–Kier alpha value is -3.52. The molecule has 1 aliphatic rings. The van der Waals surface area contributed by atoms with Gasteiger partial charge in [0.1, 0.15) is 11.4 Å². The van der Waals surface area contributed by atoms with E-state index in [2.05, 4.69) is 33.1 Å². The van der Waals surface area contributed by atoms with E-state index in [1.54, 1.807) is 7.11 Å². The fraction of sp³-hybridized carbons (Fsp3) is 0.360. The zero-order chi connectivity index (χ0) is 23.5. The molecule has 2 N–H and O–H groups in total. The first-order chi connectivity index (χ1) is 15.9. The Bertz CT molecular complexity index is 1170. The number of carbonyl (C=O) groups excluding carboxylic acids is 2. The number of benzene rings is 2. The summed E-state index contributed by atoms with van der Waals surface area (Å²) in [5, 5.41) is 3.74. The summed E-state index contributed by atoms with van der Waals surface area (Å²) < 4.78 is 10.3. The van der Waals surface area contributed by atoms with E-state index in [9.17, 15) is 9.59 Å². The number of aryl methyl sites for hydroxylation is 1. The van der Waals surface area contributed by atoms with Crippen LogP contribution in [0.4, 0.5) is 11.4 Å². The Morgan fingerprint density at radius 3 is 2.70 bits per heavy atom. The molecule has 0 saturated carbocycles. The average Bonchev–Trinajstić information content (AvgIpc) is 3.16. The summed E-state index contributed by atoms with van der Waals surface area (Å²) in [7, 11) is 2.99. The van der Waals surface area contributed by atoms with Gasteiger partial charge in [-0.1, -0.05) is 17.7 Å². The predicted molar refractivity (Wildman–Crippen MR) is 129 cm³/mol. The lowest BCUT2D eigenvalue weighted by molar-refractivity contribution is -0.117. The number of anilines is 2. The molecule has 1 atom stereocenters. The number of rotatable bonds is 6. The number of hydrogen-bond donors (Lipinski definition) is 2. The molecule has 0 radical (unpaired) electrons. The normalized spacial score (nSPS) is 16.6. The number of aromatic amines is 1. The fourth-order valence-electron chi connectivity index (χ4n) is 4.42.